The molecule has 0 unspecified atom stereocenters. The normalized spacial score (nSPS) is 13.8. The van der Waals surface area contributed by atoms with Gasteiger partial charge in [0.15, 0.2) is 0 Å². The van der Waals surface area contributed by atoms with Gasteiger partial charge in [0, 0.05) is 4.88 Å². The molecule has 1 aromatic heterocycles. The van der Waals surface area contributed by atoms with Crippen LogP contribution in [0.5, 0.6) is 0 Å². The van der Waals surface area contributed by atoms with E-state index >= 15 is 0 Å². The van der Waals surface area contributed by atoms with Crippen LogP contribution >= 0.6 is 11.3 Å². The summed E-state index contributed by atoms with van der Waals surface area (Å²) < 4.78 is 0. The number of anilines is 2. The number of benzene rings is 1. The number of thiophene rings is 1. The molecule has 0 saturated heterocycles. The van der Waals surface area contributed by atoms with Crippen molar-refractivity contribution in [3.05, 3.63) is 45.6 Å². The molecule has 0 saturated carbocycles. The molecule has 0 aliphatic carbocycles. The predicted molar refractivity (Wildman–Crippen MR) is 85.2 cm³/mol. The van der Waals surface area contributed by atoms with Crippen LogP contribution in [0.4, 0.5) is 11.4 Å². The lowest BCUT2D eigenvalue weighted by Gasteiger charge is -2.28. The molecule has 1 N–H and O–H groups in total. The molecule has 2 heterocycles. The van der Waals surface area contributed by atoms with Gasteiger partial charge in [-0.3, -0.25) is 14.5 Å². The number of fused-ring (bicyclic) bond motifs is 1. The molecule has 5 heteroatoms. The third-order valence-electron chi connectivity index (χ3n) is 3.57. The first kappa shape index (κ1) is 13.8. The highest BCUT2D eigenvalue weighted by Crippen LogP contribution is 2.32. The SMILES string of the molecule is CCc1sc(C(=O)N2CC(=O)Nc3ccccc32)cc1C. The zero-order chi connectivity index (χ0) is 15.0. The van der Waals surface area contributed by atoms with Crippen molar-refractivity contribution in [3.8, 4) is 0 Å². The van der Waals surface area contributed by atoms with Gasteiger partial charge in [0.05, 0.1) is 16.3 Å². The van der Waals surface area contributed by atoms with Crippen LogP contribution in [-0.2, 0) is 11.2 Å². The number of para-hydroxylation sites is 2. The van der Waals surface area contributed by atoms with E-state index < -0.39 is 0 Å². The first-order valence-corrected chi connectivity index (χ1v) is 7.72. The Morgan fingerprint density at radius 2 is 2.14 bits per heavy atom. The second kappa shape index (κ2) is 5.33. The Hall–Kier alpha value is -2.14. The molecule has 1 aromatic carbocycles. The third kappa shape index (κ3) is 2.45. The minimum absolute atomic E-state index is 0.0637. The summed E-state index contributed by atoms with van der Waals surface area (Å²) in [5.41, 5.74) is 2.58. The Bertz CT molecular complexity index is 721. The zero-order valence-corrected chi connectivity index (χ0v) is 12.8. The summed E-state index contributed by atoms with van der Waals surface area (Å²) in [6.45, 7) is 4.16. The molecule has 108 valence electrons. The summed E-state index contributed by atoms with van der Waals surface area (Å²) in [6, 6.07) is 9.30. The lowest BCUT2D eigenvalue weighted by molar-refractivity contribution is -0.115. The molecular weight excluding hydrogens is 284 g/mol. The molecular formula is C16H16N2O2S. The Morgan fingerprint density at radius 3 is 2.86 bits per heavy atom. The van der Waals surface area contributed by atoms with Crippen molar-refractivity contribution < 1.29 is 9.59 Å². The van der Waals surface area contributed by atoms with E-state index in [-0.39, 0.29) is 18.4 Å². The highest BCUT2D eigenvalue weighted by molar-refractivity contribution is 7.14. The van der Waals surface area contributed by atoms with Crippen molar-refractivity contribution >= 4 is 34.5 Å². The first-order valence-electron chi connectivity index (χ1n) is 6.90. The fraction of sp³-hybridized carbons (Fsp3) is 0.250. The molecule has 0 bridgehead atoms. The van der Waals surface area contributed by atoms with Gasteiger partial charge in [-0.05, 0) is 37.1 Å². The van der Waals surface area contributed by atoms with Crippen LogP contribution < -0.4 is 10.2 Å². The second-order valence-electron chi connectivity index (χ2n) is 5.03. The third-order valence-corrected chi connectivity index (χ3v) is 4.94. The van der Waals surface area contributed by atoms with Gasteiger partial charge in [-0.15, -0.1) is 11.3 Å². The number of aryl methyl sites for hydroxylation is 2. The Kier molecular flexibility index (Phi) is 3.51. The maximum atomic E-state index is 12.7. The highest BCUT2D eigenvalue weighted by atomic mass is 32.1. The van der Waals surface area contributed by atoms with Crippen molar-refractivity contribution in [1.82, 2.24) is 0 Å². The fourth-order valence-corrected chi connectivity index (χ4v) is 3.59. The minimum Gasteiger partial charge on any atom is -0.323 e. The van der Waals surface area contributed by atoms with Gasteiger partial charge in [-0.1, -0.05) is 19.1 Å². The van der Waals surface area contributed by atoms with Gasteiger partial charge in [0.25, 0.3) is 5.91 Å². The largest absolute Gasteiger partial charge is 0.323 e. The average molecular weight is 300 g/mol. The maximum absolute atomic E-state index is 12.7. The van der Waals surface area contributed by atoms with E-state index in [1.54, 1.807) is 4.90 Å². The Morgan fingerprint density at radius 1 is 1.38 bits per heavy atom. The van der Waals surface area contributed by atoms with E-state index in [9.17, 15) is 9.59 Å². The van der Waals surface area contributed by atoms with Crippen LogP contribution in [0.15, 0.2) is 30.3 Å². The smallest absolute Gasteiger partial charge is 0.268 e. The average Bonchev–Trinajstić information content (AvgIpc) is 2.86. The van der Waals surface area contributed by atoms with E-state index in [1.807, 2.05) is 37.3 Å². The van der Waals surface area contributed by atoms with Crippen LogP contribution in [0.25, 0.3) is 0 Å². The Labute approximate surface area is 127 Å². The second-order valence-corrected chi connectivity index (χ2v) is 6.16. The standard InChI is InChI=1S/C16H16N2O2S/c1-3-13-10(2)8-14(21-13)16(20)18-9-15(19)17-11-6-4-5-7-12(11)18/h4-8H,3,9H2,1-2H3,(H,17,19). The van der Waals surface area contributed by atoms with Crippen molar-refractivity contribution in [1.29, 1.82) is 0 Å². The van der Waals surface area contributed by atoms with Gasteiger partial charge in [-0.2, -0.15) is 0 Å². The summed E-state index contributed by atoms with van der Waals surface area (Å²) in [6.07, 6.45) is 0.918. The number of rotatable bonds is 2. The maximum Gasteiger partial charge on any atom is 0.268 e. The zero-order valence-electron chi connectivity index (χ0n) is 12.0. The number of carbonyl (C=O) groups excluding carboxylic acids is 2. The number of hydrogen-bond donors (Lipinski definition) is 1. The van der Waals surface area contributed by atoms with Gasteiger partial charge >= 0.3 is 0 Å². The van der Waals surface area contributed by atoms with E-state index in [1.165, 1.54) is 16.2 Å². The van der Waals surface area contributed by atoms with Crippen LogP contribution in [0.2, 0.25) is 0 Å². The number of nitrogens with zero attached hydrogens (tertiary/aromatic N) is 1. The summed E-state index contributed by atoms with van der Waals surface area (Å²) in [5.74, 6) is -0.267. The molecule has 21 heavy (non-hydrogen) atoms. The number of carbonyl (C=O) groups is 2. The van der Waals surface area contributed by atoms with Crippen molar-refractivity contribution in [2.75, 3.05) is 16.8 Å². The predicted octanol–water partition coefficient (Wildman–Crippen LogP) is 3.22. The van der Waals surface area contributed by atoms with Crippen LogP contribution in [0, 0.1) is 6.92 Å². The van der Waals surface area contributed by atoms with Crippen molar-refractivity contribution in [2.45, 2.75) is 20.3 Å². The van der Waals surface area contributed by atoms with E-state index in [2.05, 4.69) is 12.2 Å². The molecule has 3 rings (SSSR count). The first-order chi connectivity index (χ1) is 10.1. The van der Waals surface area contributed by atoms with E-state index in [0.717, 1.165) is 17.7 Å². The topological polar surface area (TPSA) is 49.4 Å². The molecule has 1 aliphatic rings. The number of nitrogens with one attached hydrogen (secondary N) is 1. The quantitative estimate of drug-likeness (QED) is 0.925. The highest BCUT2D eigenvalue weighted by Gasteiger charge is 2.28. The van der Waals surface area contributed by atoms with Crippen molar-refractivity contribution in [2.24, 2.45) is 0 Å². The lowest BCUT2D eigenvalue weighted by atomic mass is 10.1. The number of amides is 2. The molecule has 0 atom stereocenters. The Balaban J connectivity index is 1.99. The van der Waals surface area contributed by atoms with Gasteiger partial charge in [0.2, 0.25) is 5.91 Å². The van der Waals surface area contributed by atoms with Crippen LogP contribution in [-0.4, -0.2) is 18.4 Å². The number of hydrogen-bond acceptors (Lipinski definition) is 3. The summed E-state index contributed by atoms with van der Waals surface area (Å²) in [7, 11) is 0. The van der Waals surface area contributed by atoms with Crippen LogP contribution in [0.3, 0.4) is 0 Å². The van der Waals surface area contributed by atoms with E-state index in [0.29, 0.717) is 10.6 Å². The molecule has 4 nitrogen and oxygen atoms in total. The molecule has 1 aliphatic heterocycles. The lowest BCUT2D eigenvalue weighted by Crippen LogP contribution is -2.41. The summed E-state index contributed by atoms with van der Waals surface area (Å²) in [5, 5.41) is 2.79. The minimum atomic E-state index is -0.161. The molecule has 0 radical (unpaired) electrons. The van der Waals surface area contributed by atoms with Crippen molar-refractivity contribution in [3.63, 3.8) is 0 Å². The van der Waals surface area contributed by atoms with Crippen LogP contribution in [0.1, 0.15) is 27.0 Å². The fourth-order valence-electron chi connectivity index (χ4n) is 2.52. The van der Waals surface area contributed by atoms with E-state index in [4.69, 9.17) is 0 Å². The molecule has 0 spiro atoms. The molecule has 0 fully saturated rings. The van der Waals surface area contributed by atoms with Gasteiger partial charge in [-0.25, -0.2) is 0 Å². The van der Waals surface area contributed by atoms with Gasteiger partial charge < -0.3 is 5.32 Å². The summed E-state index contributed by atoms with van der Waals surface area (Å²) >= 11 is 1.51. The monoisotopic (exact) mass is 300 g/mol. The molecule has 2 amide bonds. The van der Waals surface area contributed by atoms with Gasteiger partial charge in [0.1, 0.15) is 6.54 Å². The summed E-state index contributed by atoms with van der Waals surface area (Å²) in [4.78, 5) is 28.0. The molecule has 2 aromatic rings.